The summed E-state index contributed by atoms with van der Waals surface area (Å²) in [6.07, 6.45) is 3.24. The van der Waals surface area contributed by atoms with Gasteiger partial charge in [0, 0.05) is 6.20 Å². The van der Waals surface area contributed by atoms with Gasteiger partial charge in [-0.2, -0.15) is 0 Å². The van der Waals surface area contributed by atoms with Crippen LogP contribution >= 0.6 is 0 Å². The molecule has 6 nitrogen and oxygen atoms in total. The molecule has 3 rings (SSSR count). The molecule has 2 heterocycles. The molecule has 0 fully saturated rings. The van der Waals surface area contributed by atoms with Crippen molar-refractivity contribution in [3.63, 3.8) is 0 Å². The predicted octanol–water partition coefficient (Wildman–Crippen LogP) is 2.03. The van der Waals surface area contributed by atoms with Crippen LogP contribution in [0.3, 0.4) is 0 Å². The summed E-state index contributed by atoms with van der Waals surface area (Å²) in [6, 6.07) is 4.98. The maximum atomic E-state index is 11.1. The van der Waals surface area contributed by atoms with Gasteiger partial charge in [-0.25, -0.2) is 14.8 Å². The average Bonchev–Trinajstić information content (AvgIpc) is 2.82. The van der Waals surface area contributed by atoms with Gasteiger partial charge < -0.3 is 10.1 Å². The van der Waals surface area contributed by atoms with Crippen molar-refractivity contribution in [3.05, 3.63) is 41.9 Å². The van der Waals surface area contributed by atoms with Crippen LogP contribution in [0.5, 0.6) is 0 Å². The Morgan fingerprint density at radius 3 is 2.79 bits per heavy atom. The number of carboxylic acids is 1. The molecule has 0 bridgehead atoms. The maximum absolute atomic E-state index is 11.1. The molecule has 0 radical (unpaired) electrons. The Balaban J connectivity index is 2.19. The van der Waals surface area contributed by atoms with Gasteiger partial charge in [0.15, 0.2) is 5.82 Å². The Kier molecular flexibility index (Phi) is 2.49. The van der Waals surface area contributed by atoms with Gasteiger partial charge in [-0.05, 0) is 19.1 Å². The molecule has 3 aromatic rings. The molecule has 0 atom stereocenters. The fraction of sp³-hybridized carbons (Fsp3) is 0.0769. The monoisotopic (exact) mass is 254 g/mol. The Morgan fingerprint density at radius 1 is 1.26 bits per heavy atom. The van der Waals surface area contributed by atoms with E-state index in [0.717, 1.165) is 5.69 Å². The molecule has 0 unspecified atom stereocenters. The van der Waals surface area contributed by atoms with E-state index in [0.29, 0.717) is 22.6 Å². The quantitative estimate of drug-likeness (QED) is 0.730. The van der Waals surface area contributed by atoms with Gasteiger partial charge in [-0.1, -0.05) is 6.07 Å². The molecule has 0 saturated carbocycles. The molecule has 0 aliphatic heterocycles. The van der Waals surface area contributed by atoms with E-state index in [2.05, 4.69) is 19.9 Å². The fourth-order valence-corrected chi connectivity index (χ4v) is 1.84. The van der Waals surface area contributed by atoms with Crippen LogP contribution in [0.15, 0.2) is 30.6 Å². The van der Waals surface area contributed by atoms with Crippen LogP contribution in [0.1, 0.15) is 16.1 Å². The summed E-state index contributed by atoms with van der Waals surface area (Å²) in [4.78, 5) is 26.8. The first-order valence-corrected chi connectivity index (χ1v) is 5.66. The lowest BCUT2D eigenvalue weighted by Crippen LogP contribution is -1.96. The van der Waals surface area contributed by atoms with E-state index >= 15 is 0 Å². The van der Waals surface area contributed by atoms with E-state index in [1.54, 1.807) is 24.5 Å². The van der Waals surface area contributed by atoms with Crippen molar-refractivity contribution in [1.82, 2.24) is 19.9 Å². The Morgan fingerprint density at radius 2 is 2.11 bits per heavy atom. The van der Waals surface area contributed by atoms with Crippen molar-refractivity contribution in [2.24, 2.45) is 0 Å². The highest BCUT2D eigenvalue weighted by atomic mass is 16.4. The van der Waals surface area contributed by atoms with Gasteiger partial charge >= 0.3 is 5.97 Å². The van der Waals surface area contributed by atoms with Gasteiger partial charge in [0.05, 0.1) is 23.0 Å². The summed E-state index contributed by atoms with van der Waals surface area (Å²) in [5.41, 5.74) is 2.65. The predicted molar refractivity (Wildman–Crippen MR) is 68.8 cm³/mol. The van der Waals surface area contributed by atoms with Crippen molar-refractivity contribution in [2.75, 3.05) is 0 Å². The second-order valence-corrected chi connectivity index (χ2v) is 4.14. The Bertz CT molecular complexity index is 762. The first-order chi connectivity index (χ1) is 9.15. The normalized spacial score (nSPS) is 10.8. The number of rotatable bonds is 2. The summed E-state index contributed by atoms with van der Waals surface area (Å²) in [5, 5.41) is 9.12. The lowest BCUT2D eigenvalue weighted by atomic mass is 10.2. The van der Waals surface area contributed by atoms with E-state index in [1.165, 1.54) is 6.07 Å². The Labute approximate surface area is 108 Å². The number of aromatic nitrogens is 4. The lowest BCUT2D eigenvalue weighted by Gasteiger charge is -1.95. The van der Waals surface area contributed by atoms with Gasteiger partial charge in [-0.3, -0.25) is 4.98 Å². The summed E-state index contributed by atoms with van der Waals surface area (Å²) < 4.78 is 0. The number of benzene rings is 1. The minimum Gasteiger partial charge on any atom is -0.478 e. The first-order valence-electron chi connectivity index (χ1n) is 5.66. The van der Waals surface area contributed by atoms with Crippen LogP contribution in [0.2, 0.25) is 0 Å². The third-order valence-corrected chi connectivity index (χ3v) is 2.77. The van der Waals surface area contributed by atoms with Crippen LogP contribution in [-0.4, -0.2) is 31.0 Å². The van der Waals surface area contributed by atoms with Crippen LogP contribution in [0.4, 0.5) is 0 Å². The van der Waals surface area contributed by atoms with Crippen molar-refractivity contribution in [1.29, 1.82) is 0 Å². The topological polar surface area (TPSA) is 91.8 Å². The fourth-order valence-electron chi connectivity index (χ4n) is 1.84. The number of imidazole rings is 1. The standard InChI is InChI=1S/C13H10N4O2/c1-7-5-15-10(6-14-7)12-16-9-4-2-3-8(13(18)19)11(9)17-12/h2-6H,1H3,(H,16,17)(H,18,19). The summed E-state index contributed by atoms with van der Waals surface area (Å²) in [7, 11) is 0. The van der Waals surface area contributed by atoms with E-state index in [-0.39, 0.29) is 5.56 Å². The van der Waals surface area contributed by atoms with Gasteiger partial charge in [0.25, 0.3) is 0 Å². The smallest absolute Gasteiger partial charge is 0.337 e. The van der Waals surface area contributed by atoms with E-state index in [4.69, 9.17) is 5.11 Å². The molecule has 6 heteroatoms. The molecule has 0 aliphatic rings. The minimum atomic E-state index is -1.00. The zero-order chi connectivity index (χ0) is 13.4. The van der Waals surface area contributed by atoms with Crippen molar-refractivity contribution < 1.29 is 9.90 Å². The number of carbonyl (C=O) groups is 1. The number of hydrogen-bond donors (Lipinski definition) is 2. The second kappa shape index (κ2) is 4.16. The molecule has 2 N–H and O–H groups in total. The number of aromatic amines is 1. The van der Waals surface area contributed by atoms with Crippen molar-refractivity contribution in [3.8, 4) is 11.5 Å². The molecular weight excluding hydrogens is 244 g/mol. The molecular formula is C13H10N4O2. The molecule has 2 aromatic heterocycles. The first kappa shape index (κ1) is 11.3. The molecule has 94 valence electrons. The van der Waals surface area contributed by atoms with Crippen LogP contribution in [0, 0.1) is 6.92 Å². The highest BCUT2D eigenvalue weighted by molar-refractivity contribution is 6.01. The van der Waals surface area contributed by atoms with Gasteiger partial charge in [-0.15, -0.1) is 0 Å². The molecule has 0 spiro atoms. The highest BCUT2D eigenvalue weighted by Crippen LogP contribution is 2.21. The van der Waals surface area contributed by atoms with Crippen LogP contribution in [-0.2, 0) is 0 Å². The van der Waals surface area contributed by atoms with Crippen molar-refractivity contribution in [2.45, 2.75) is 6.92 Å². The summed E-state index contributed by atoms with van der Waals surface area (Å²) >= 11 is 0. The van der Waals surface area contributed by atoms with E-state index < -0.39 is 5.97 Å². The SMILES string of the molecule is Cc1cnc(-c2nc3c(C(=O)O)cccc3[nH]2)cn1. The third-order valence-electron chi connectivity index (χ3n) is 2.77. The molecule has 0 amide bonds. The zero-order valence-electron chi connectivity index (χ0n) is 10.1. The van der Waals surface area contributed by atoms with Gasteiger partial charge in [0.2, 0.25) is 0 Å². The van der Waals surface area contributed by atoms with Crippen LogP contribution < -0.4 is 0 Å². The number of nitrogens with zero attached hydrogens (tertiary/aromatic N) is 3. The number of hydrogen-bond acceptors (Lipinski definition) is 4. The number of aromatic carboxylic acids is 1. The largest absolute Gasteiger partial charge is 0.478 e. The number of aryl methyl sites for hydroxylation is 1. The molecule has 1 aromatic carbocycles. The highest BCUT2D eigenvalue weighted by Gasteiger charge is 2.13. The lowest BCUT2D eigenvalue weighted by molar-refractivity contribution is 0.0699. The molecule has 0 aliphatic carbocycles. The number of carboxylic acid groups (broad SMARTS) is 1. The maximum Gasteiger partial charge on any atom is 0.337 e. The van der Waals surface area contributed by atoms with E-state index in [9.17, 15) is 4.79 Å². The van der Waals surface area contributed by atoms with Crippen LogP contribution in [0.25, 0.3) is 22.6 Å². The Hall–Kier alpha value is -2.76. The van der Waals surface area contributed by atoms with Gasteiger partial charge in [0.1, 0.15) is 11.2 Å². The number of H-pyrrole nitrogens is 1. The van der Waals surface area contributed by atoms with Crippen molar-refractivity contribution >= 4 is 17.0 Å². The number of nitrogens with one attached hydrogen (secondary N) is 1. The number of fused-ring (bicyclic) bond motifs is 1. The summed E-state index contributed by atoms with van der Waals surface area (Å²) in [6.45, 7) is 1.85. The zero-order valence-corrected chi connectivity index (χ0v) is 10.1. The minimum absolute atomic E-state index is 0.167. The molecule has 19 heavy (non-hydrogen) atoms. The number of para-hydroxylation sites is 1. The summed E-state index contributed by atoms with van der Waals surface area (Å²) in [5.74, 6) is -0.491. The molecule has 0 saturated heterocycles. The second-order valence-electron chi connectivity index (χ2n) is 4.14. The third kappa shape index (κ3) is 1.93. The van der Waals surface area contributed by atoms with E-state index in [1.807, 2.05) is 6.92 Å². The average molecular weight is 254 g/mol.